The number of benzene rings is 1. The van der Waals surface area contributed by atoms with Gasteiger partial charge in [0.2, 0.25) is 0 Å². The monoisotopic (exact) mass is 298 g/mol. The third-order valence-corrected chi connectivity index (χ3v) is 4.00. The van der Waals surface area contributed by atoms with Crippen LogP contribution in [0.1, 0.15) is 5.56 Å². The molecule has 0 amide bonds. The average Bonchev–Trinajstić information content (AvgIpc) is 2.55. The van der Waals surface area contributed by atoms with Gasteiger partial charge in [0.25, 0.3) is 5.69 Å². The lowest BCUT2D eigenvalue weighted by molar-refractivity contribution is -0.385. The zero-order chi connectivity index (χ0) is 15.5. The molecule has 1 aliphatic rings. The largest absolute Gasteiger partial charge is 0.368 e. The first-order chi connectivity index (χ1) is 10.6. The lowest BCUT2D eigenvalue weighted by Crippen LogP contribution is -2.46. The Kier molecular flexibility index (Phi) is 3.91. The number of hydrogen-bond acceptors (Lipinski definition) is 5. The minimum absolute atomic E-state index is 0.177. The number of anilines is 2. The summed E-state index contributed by atoms with van der Waals surface area (Å²) in [4.78, 5) is 19.4. The van der Waals surface area contributed by atoms with Crippen LogP contribution in [0.5, 0.6) is 0 Å². The van der Waals surface area contributed by atoms with E-state index in [4.69, 9.17) is 0 Å². The number of pyridine rings is 1. The van der Waals surface area contributed by atoms with Crippen LogP contribution >= 0.6 is 0 Å². The Labute approximate surface area is 129 Å². The van der Waals surface area contributed by atoms with E-state index in [1.807, 2.05) is 30.3 Å². The highest BCUT2D eigenvalue weighted by atomic mass is 16.6. The van der Waals surface area contributed by atoms with Crippen molar-refractivity contribution in [2.24, 2.45) is 0 Å². The standard InChI is InChI=1S/C16H18N4O2/c1-13-12-14(5-6-15(13)20(21)22)18-8-10-19(11-9-18)16-4-2-3-7-17-16/h2-7,12H,8-11H2,1H3. The smallest absolute Gasteiger partial charge is 0.272 e. The molecule has 0 N–H and O–H groups in total. The molecule has 3 rings (SSSR count). The maximum absolute atomic E-state index is 10.9. The highest BCUT2D eigenvalue weighted by molar-refractivity contribution is 5.56. The molecule has 6 heteroatoms. The lowest BCUT2D eigenvalue weighted by atomic mass is 10.1. The molecule has 1 aromatic carbocycles. The zero-order valence-electron chi connectivity index (χ0n) is 12.5. The van der Waals surface area contributed by atoms with Crippen LogP contribution in [0, 0.1) is 17.0 Å². The Bertz CT molecular complexity index is 667. The Hall–Kier alpha value is -2.63. The van der Waals surface area contributed by atoms with Crippen molar-refractivity contribution in [2.45, 2.75) is 6.92 Å². The first-order valence-corrected chi connectivity index (χ1v) is 7.31. The summed E-state index contributed by atoms with van der Waals surface area (Å²) in [5.74, 6) is 1.00. The maximum Gasteiger partial charge on any atom is 0.272 e. The molecule has 2 heterocycles. The fraction of sp³-hybridized carbons (Fsp3) is 0.312. The van der Waals surface area contributed by atoms with Gasteiger partial charge in [-0.25, -0.2) is 4.98 Å². The Morgan fingerprint density at radius 3 is 2.41 bits per heavy atom. The van der Waals surface area contributed by atoms with E-state index >= 15 is 0 Å². The number of nitrogens with zero attached hydrogens (tertiary/aromatic N) is 4. The van der Waals surface area contributed by atoms with Gasteiger partial charge < -0.3 is 9.80 Å². The van der Waals surface area contributed by atoms with E-state index in [1.165, 1.54) is 0 Å². The van der Waals surface area contributed by atoms with Gasteiger partial charge in [-0.1, -0.05) is 6.07 Å². The highest BCUT2D eigenvalue weighted by Crippen LogP contribution is 2.25. The predicted octanol–water partition coefficient (Wildman–Crippen LogP) is 2.62. The molecule has 1 fully saturated rings. The summed E-state index contributed by atoms with van der Waals surface area (Å²) in [6, 6.07) is 11.3. The summed E-state index contributed by atoms with van der Waals surface area (Å²) >= 11 is 0. The van der Waals surface area contributed by atoms with Crippen LogP contribution in [-0.4, -0.2) is 36.1 Å². The van der Waals surface area contributed by atoms with Crippen molar-refractivity contribution in [3.05, 3.63) is 58.3 Å². The summed E-state index contributed by atoms with van der Waals surface area (Å²) in [7, 11) is 0. The Morgan fingerprint density at radius 1 is 1.09 bits per heavy atom. The molecule has 0 atom stereocenters. The SMILES string of the molecule is Cc1cc(N2CCN(c3ccccn3)CC2)ccc1[N+](=O)[O-]. The van der Waals surface area contributed by atoms with Gasteiger partial charge in [0.05, 0.1) is 4.92 Å². The normalized spacial score (nSPS) is 15.0. The number of aryl methyl sites for hydroxylation is 1. The number of hydrogen-bond donors (Lipinski definition) is 0. The molecule has 2 aromatic rings. The summed E-state index contributed by atoms with van der Waals surface area (Å²) < 4.78 is 0. The first kappa shape index (κ1) is 14.3. The lowest BCUT2D eigenvalue weighted by Gasteiger charge is -2.36. The van der Waals surface area contributed by atoms with E-state index < -0.39 is 0 Å². The minimum atomic E-state index is -0.335. The molecular formula is C16H18N4O2. The van der Waals surface area contributed by atoms with Crippen LogP contribution in [0.3, 0.4) is 0 Å². The van der Waals surface area contributed by atoms with E-state index in [0.29, 0.717) is 5.56 Å². The number of nitro benzene ring substituents is 1. The summed E-state index contributed by atoms with van der Waals surface area (Å²) in [6.07, 6.45) is 1.81. The summed E-state index contributed by atoms with van der Waals surface area (Å²) in [5.41, 5.74) is 1.93. The number of rotatable bonds is 3. The van der Waals surface area contributed by atoms with Crippen molar-refractivity contribution in [1.82, 2.24) is 4.98 Å². The maximum atomic E-state index is 10.9. The predicted molar refractivity (Wildman–Crippen MR) is 86.5 cm³/mol. The van der Waals surface area contributed by atoms with Crippen molar-refractivity contribution in [1.29, 1.82) is 0 Å². The topological polar surface area (TPSA) is 62.5 Å². The summed E-state index contributed by atoms with van der Waals surface area (Å²) in [5, 5.41) is 10.9. The molecule has 0 bridgehead atoms. The van der Waals surface area contributed by atoms with E-state index in [9.17, 15) is 10.1 Å². The van der Waals surface area contributed by atoms with Crippen molar-refractivity contribution < 1.29 is 4.92 Å². The molecule has 1 aromatic heterocycles. The molecule has 0 aliphatic carbocycles. The van der Waals surface area contributed by atoms with Gasteiger partial charge in [-0.15, -0.1) is 0 Å². The van der Waals surface area contributed by atoms with E-state index in [0.717, 1.165) is 37.7 Å². The summed E-state index contributed by atoms with van der Waals surface area (Å²) in [6.45, 7) is 5.34. The van der Waals surface area contributed by atoms with Crippen molar-refractivity contribution in [2.75, 3.05) is 36.0 Å². The van der Waals surface area contributed by atoms with Gasteiger partial charge in [-0.05, 0) is 31.2 Å². The van der Waals surface area contributed by atoms with Gasteiger partial charge in [-0.2, -0.15) is 0 Å². The quantitative estimate of drug-likeness (QED) is 0.644. The van der Waals surface area contributed by atoms with Crippen LogP contribution in [0.15, 0.2) is 42.6 Å². The van der Waals surface area contributed by atoms with Crippen LogP contribution in [0.25, 0.3) is 0 Å². The second kappa shape index (κ2) is 6.01. The van der Waals surface area contributed by atoms with Crippen molar-refractivity contribution in [3.8, 4) is 0 Å². The van der Waals surface area contributed by atoms with E-state index in [-0.39, 0.29) is 10.6 Å². The molecular weight excluding hydrogens is 280 g/mol. The number of piperazine rings is 1. The highest BCUT2D eigenvalue weighted by Gasteiger charge is 2.19. The molecule has 0 spiro atoms. The molecule has 1 aliphatic heterocycles. The fourth-order valence-electron chi connectivity index (χ4n) is 2.78. The molecule has 1 saturated heterocycles. The fourth-order valence-corrected chi connectivity index (χ4v) is 2.78. The third kappa shape index (κ3) is 2.86. The molecule has 6 nitrogen and oxygen atoms in total. The van der Waals surface area contributed by atoms with Crippen molar-refractivity contribution in [3.63, 3.8) is 0 Å². The van der Waals surface area contributed by atoms with Crippen LogP contribution < -0.4 is 9.80 Å². The zero-order valence-corrected chi connectivity index (χ0v) is 12.5. The second-order valence-electron chi connectivity index (χ2n) is 5.39. The minimum Gasteiger partial charge on any atom is -0.368 e. The van der Waals surface area contributed by atoms with Crippen LogP contribution in [0.4, 0.5) is 17.2 Å². The molecule has 22 heavy (non-hydrogen) atoms. The number of nitro groups is 1. The first-order valence-electron chi connectivity index (χ1n) is 7.31. The van der Waals surface area contributed by atoms with Gasteiger partial charge in [-0.3, -0.25) is 10.1 Å². The van der Waals surface area contributed by atoms with Crippen LogP contribution in [0.2, 0.25) is 0 Å². The molecule has 0 saturated carbocycles. The van der Waals surface area contributed by atoms with Crippen molar-refractivity contribution >= 4 is 17.2 Å². The molecule has 114 valence electrons. The van der Waals surface area contributed by atoms with Gasteiger partial charge >= 0.3 is 0 Å². The van der Waals surface area contributed by atoms with E-state index in [1.54, 1.807) is 19.2 Å². The average molecular weight is 298 g/mol. The number of aromatic nitrogens is 1. The molecule has 0 radical (unpaired) electrons. The van der Waals surface area contributed by atoms with Gasteiger partial charge in [0.1, 0.15) is 5.82 Å². The Balaban J connectivity index is 1.69. The second-order valence-corrected chi connectivity index (χ2v) is 5.39. The van der Waals surface area contributed by atoms with Gasteiger partial charge in [0, 0.05) is 49.7 Å². The van der Waals surface area contributed by atoms with Crippen LogP contribution in [-0.2, 0) is 0 Å². The third-order valence-electron chi connectivity index (χ3n) is 4.00. The van der Waals surface area contributed by atoms with E-state index in [2.05, 4.69) is 14.8 Å². The molecule has 0 unspecified atom stereocenters. The van der Waals surface area contributed by atoms with Gasteiger partial charge in [0.15, 0.2) is 0 Å². The Morgan fingerprint density at radius 2 is 1.82 bits per heavy atom.